The van der Waals surface area contributed by atoms with Gasteiger partial charge in [-0.1, -0.05) is 31.6 Å². The maximum atomic E-state index is 13.3. The second-order valence-corrected chi connectivity index (χ2v) is 8.90. The molecule has 1 aliphatic heterocycles. The molecule has 0 bridgehead atoms. The van der Waals surface area contributed by atoms with Crippen LogP contribution in [0.25, 0.3) is 11.0 Å². The van der Waals surface area contributed by atoms with Crippen LogP contribution < -0.4 is 0 Å². The number of rotatable bonds is 3. The number of carbonyl (C=O) groups is 1. The lowest BCUT2D eigenvalue weighted by Crippen LogP contribution is -2.33. The number of aromatic amines is 1. The summed E-state index contributed by atoms with van der Waals surface area (Å²) in [4.78, 5) is 23.7. The highest BCUT2D eigenvalue weighted by Gasteiger charge is 2.62. The van der Waals surface area contributed by atoms with Crippen molar-refractivity contribution in [3.05, 3.63) is 41.2 Å². The van der Waals surface area contributed by atoms with Crippen LogP contribution in [0, 0.1) is 24.2 Å². The van der Waals surface area contributed by atoms with E-state index < -0.39 is 0 Å². The molecule has 138 valence electrons. The van der Waals surface area contributed by atoms with Crippen molar-refractivity contribution in [2.24, 2.45) is 17.3 Å². The van der Waals surface area contributed by atoms with Gasteiger partial charge in [0.25, 0.3) is 0 Å². The first-order valence-electron chi connectivity index (χ1n) is 9.71. The molecule has 4 nitrogen and oxygen atoms in total. The molecule has 2 aromatic rings. The number of H-pyrrole nitrogens is 1. The van der Waals surface area contributed by atoms with Gasteiger partial charge in [-0.2, -0.15) is 0 Å². The summed E-state index contributed by atoms with van der Waals surface area (Å²) in [5.41, 5.74) is 4.62. The van der Waals surface area contributed by atoms with Gasteiger partial charge < -0.3 is 9.88 Å². The fraction of sp³-hybridized carbons (Fsp3) is 0.545. The molecule has 2 fully saturated rings. The van der Waals surface area contributed by atoms with Gasteiger partial charge in [-0.25, -0.2) is 4.98 Å². The third-order valence-electron chi connectivity index (χ3n) is 6.20. The third kappa shape index (κ3) is 2.76. The lowest BCUT2D eigenvalue weighted by molar-refractivity contribution is -0.134. The predicted molar refractivity (Wildman–Crippen MR) is 105 cm³/mol. The molecular formula is C22H29N3O. The van der Waals surface area contributed by atoms with E-state index in [0.717, 1.165) is 36.2 Å². The van der Waals surface area contributed by atoms with Crippen LogP contribution in [0.15, 0.2) is 29.8 Å². The van der Waals surface area contributed by atoms with Crippen molar-refractivity contribution in [3.63, 3.8) is 0 Å². The first-order chi connectivity index (χ1) is 12.3. The first kappa shape index (κ1) is 17.3. The van der Waals surface area contributed by atoms with E-state index in [-0.39, 0.29) is 17.4 Å². The van der Waals surface area contributed by atoms with Crippen molar-refractivity contribution in [2.75, 3.05) is 6.54 Å². The van der Waals surface area contributed by atoms with Crippen molar-refractivity contribution in [3.8, 4) is 0 Å². The number of likely N-dealkylation sites (tertiary alicyclic amines) is 1. The molecule has 1 saturated carbocycles. The molecule has 2 aliphatic rings. The van der Waals surface area contributed by atoms with Gasteiger partial charge in [-0.3, -0.25) is 4.79 Å². The van der Waals surface area contributed by atoms with Gasteiger partial charge in [0.2, 0.25) is 5.91 Å². The SMILES string of the molecule is CC(C)=CC1C(C(=O)N2CCCC2c2nc3ccc(C)cc3[nH]2)C1(C)C. The fourth-order valence-electron chi connectivity index (χ4n) is 4.61. The fourth-order valence-corrected chi connectivity index (χ4v) is 4.61. The Morgan fingerprint density at radius 1 is 1.35 bits per heavy atom. The van der Waals surface area contributed by atoms with Gasteiger partial charge in [0.15, 0.2) is 0 Å². The summed E-state index contributed by atoms with van der Waals surface area (Å²) in [6.45, 7) is 11.6. The average molecular weight is 351 g/mol. The van der Waals surface area contributed by atoms with Crippen molar-refractivity contribution < 1.29 is 4.79 Å². The predicted octanol–water partition coefficient (Wildman–Crippen LogP) is 4.77. The maximum Gasteiger partial charge on any atom is 0.227 e. The number of aryl methyl sites for hydroxylation is 1. The number of allylic oxidation sites excluding steroid dienone is 2. The highest BCUT2D eigenvalue weighted by atomic mass is 16.2. The molecule has 4 rings (SSSR count). The summed E-state index contributed by atoms with van der Waals surface area (Å²) in [5.74, 6) is 1.70. The number of nitrogens with one attached hydrogen (secondary N) is 1. The Morgan fingerprint density at radius 3 is 2.85 bits per heavy atom. The van der Waals surface area contributed by atoms with E-state index in [2.05, 4.69) is 68.8 Å². The molecule has 2 heterocycles. The summed E-state index contributed by atoms with van der Waals surface area (Å²) in [7, 11) is 0. The summed E-state index contributed by atoms with van der Waals surface area (Å²) in [6, 6.07) is 6.35. The molecule has 1 amide bonds. The largest absolute Gasteiger partial charge is 0.340 e. The number of imidazole rings is 1. The molecule has 26 heavy (non-hydrogen) atoms. The van der Waals surface area contributed by atoms with Gasteiger partial charge in [0.05, 0.1) is 23.0 Å². The summed E-state index contributed by atoms with van der Waals surface area (Å²) >= 11 is 0. The number of carbonyl (C=O) groups excluding carboxylic acids is 1. The number of hydrogen-bond donors (Lipinski definition) is 1. The van der Waals surface area contributed by atoms with Gasteiger partial charge in [-0.15, -0.1) is 0 Å². The normalized spacial score (nSPS) is 27.0. The van der Waals surface area contributed by atoms with Gasteiger partial charge >= 0.3 is 0 Å². The van der Waals surface area contributed by atoms with E-state index in [1.807, 2.05) is 0 Å². The quantitative estimate of drug-likeness (QED) is 0.810. The van der Waals surface area contributed by atoms with Crippen LogP contribution in [0.3, 0.4) is 0 Å². The molecule has 0 spiro atoms. The summed E-state index contributed by atoms with van der Waals surface area (Å²) < 4.78 is 0. The van der Waals surface area contributed by atoms with E-state index >= 15 is 0 Å². The second-order valence-electron chi connectivity index (χ2n) is 8.90. The molecule has 3 atom stereocenters. The number of amides is 1. The first-order valence-corrected chi connectivity index (χ1v) is 9.71. The Kier molecular flexibility index (Phi) is 3.98. The van der Waals surface area contributed by atoms with Gasteiger partial charge in [0, 0.05) is 6.54 Å². The molecule has 1 aliphatic carbocycles. The van der Waals surface area contributed by atoms with Crippen molar-refractivity contribution in [2.45, 2.75) is 53.5 Å². The minimum absolute atomic E-state index is 0.0620. The monoisotopic (exact) mass is 351 g/mol. The van der Waals surface area contributed by atoms with Crippen LogP contribution in [0.1, 0.15) is 58.0 Å². The number of fused-ring (bicyclic) bond motifs is 1. The Morgan fingerprint density at radius 2 is 2.12 bits per heavy atom. The molecule has 1 aromatic carbocycles. The lowest BCUT2D eigenvalue weighted by atomic mass is 10.1. The number of benzene rings is 1. The van der Waals surface area contributed by atoms with E-state index in [4.69, 9.17) is 4.98 Å². The maximum absolute atomic E-state index is 13.3. The zero-order chi connectivity index (χ0) is 18.6. The number of nitrogens with zero attached hydrogens (tertiary/aromatic N) is 2. The highest BCUT2D eigenvalue weighted by Crippen LogP contribution is 2.60. The minimum atomic E-state index is 0.0620. The highest BCUT2D eigenvalue weighted by molar-refractivity contribution is 5.84. The molecule has 0 radical (unpaired) electrons. The molecular weight excluding hydrogens is 322 g/mol. The number of hydrogen-bond acceptors (Lipinski definition) is 2. The Balaban J connectivity index is 1.60. The van der Waals surface area contributed by atoms with E-state index in [1.165, 1.54) is 11.1 Å². The van der Waals surface area contributed by atoms with E-state index in [1.54, 1.807) is 0 Å². The van der Waals surface area contributed by atoms with Crippen molar-refractivity contribution >= 4 is 16.9 Å². The number of aromatic nitrogens is 2. The Labute approximate surface area is 155 Å². The zero-order valence-corrected chi connectivity index (χ0v) is 16.5. The molecule has 1 N–H and O–H groups in total. The molecule has 1 aromatic heterocycles. The Hall–Kier alpha value is -2.10. The Bertz CT molecular complexity index is 888. The lowest BCUT2D eigenvalue weighted by Gasteiger charge is -2.24. The van der Waals surface area contributed by atoms with E-state index in [9.17, 15) is 4.79 Å². The van der Waals surface area contributed by atoms with Crippen molar-refractivity contribution in [1.29, 1.82) is 0 Å². The zero-order valence-electron chi connectivity index (χ0n) is 16.5. The van der Waals surface area contributed by atoms with Crippen LogP contribution in [-0.4, -0.2) is 27.3 Å². The minimum Gasteiger partial charge on any atom is -0.340 e. The van der Waals surface area contributed by atoms with Gasteiger partial charge in [-0.05, 0) is 62.6 Å². The third-order valence-corrected chi connectivity index (χ3v) is 6.20. The van der Waals surface area contributed by atoms with Crippen LogP contribution in [0.5, 0.6) is 0 Å². The van der Waals surface area contributed by atoms with Crippen LogP contribution >= 0.6 is 0 Å². The smallest absolute Gasteiger partial charge is 0.227 e. The second kappa shape index (κ2) is 5.97. The van der Waals surface area contributed by atoms with Gasteiger partial charge in [0.1, 0.15) is 5.82 Å². The van der Waals surface area contributed by atoms with Crippen LogP contribution in [0.4, 0.5) is 0 Å². The van der Waals surface area contributed by atoms with Crippen LogP contribution in [-0.2, 0) is 4.79 Å². The average Bonchev–Trinajstić information content (AvgIpc) is 2.97. The summed E-state index contributed by atoms with van der Waals surface area (Å²) in [5, 5.41) is 0. The topological polar surface area (TPSA) is 49.0 Å². The molecule has 4 heteroatoms. The van der Waals surface area contributed by atoms with E-state index in [0.29, 0.717) is 11.8 Å². The standard InChI is InChI=1S/C22H29N3O/c1-13(2)11-15-19(22(15,4)5)21(26)25-10-6-7-18(25)20-23-16-9-8-14(3)12-17(16)24-20/h8-9,11-12,15,18-19H,6-7,10H2,1-5H3,(H,23,24). The van der Waals surface area contributed by atoms with Crippen molar-refractivity contribution in [1.82, 2.24) is 14.9 Å². The molecule has 3 unspecified atom stereocenters. The summed E-state index contributed by atoms with van der Waals surface area (Å²) in [6.07, 6.45) is 4.32. The van der Waals surface area contributed by atoms with Crippen LogP contribution in [0.2, 0.25) is 0 Å². The molecule has 1 saturated heterocycles.